The zero-order valence-corrected chi connectivity index (χ0v) is 17.8. The molecule has 0 bridgehead atoms. The molecule has 1 heterocycles. The van der Waals surface area contributed by atoms with E-state index in [0.29, 0.717) is 0 Å². The maximum atomic E-state index is 2.56. The fourth-order valence-electron chi connectivity index (χ4n) is 3.99. The molecule has 1 rings (SSSR count). The van der Waals surface area contributed by atoms with Crippen molar-refractivity contribution in [2.75, 3.05) is 26.3 Å². The van der Waals surface area contributed by atoms with E-state index in [0.717, 1.165) is 0 Å². The molecule has 1 atom stereocenters. The van der Waals surface area contributed by atoms with E-state index in [1.807, 2.05) is 0 Å². The van der Waals surface area contributed by atoms with Crippen molar-refractivity contribution >= 4 is 0 Å². The van der Waals surface area contributed by atoms with Gasteiger partial charge in [-0.25, -0.2) is 0 Å². The summed E-state index contributed by atoms with van der Waals surface area (Å²) in [6.45, 7) is 12.1. The molecule has 1 aliphatic heterocycles. The Morgan fingerprint density at radius 2 is 1.16 bits per heavy atom. The molecule has 0 aliphatic carbocycles. The van der Waals surface area contributed by atoms with E-state index in [1.165, 1.54) is 121 Å². The molecule has 2 heteroatoms. The van der Waals surface area contributed by atoms with E-state index in [2.05, 4.69) is 38.1 Å². The Kier molecular flexibility index (Phi) is 13.2. The normalized spacial score (nSPS) is 19.9. The predicted molar refractivity (Wildman–Crippen MR) is 112 cm³/mol. The van der Waals surface area contributed by atoms with Gasteiger partial charge in [-0.15, -0.1) is 0 Å². The number of hydrogen-bond acceptors (Lipinski definition) is 1. The second-order valence-electron chi connectivity index (χ2n) is 8.31. The molecule has 1 aliphatic rings. The Morgan fingerprint density at radius 1 is 0.640 bits per heavy atom. The Balaban J connectivity index is 2.14. The highest BCUT2D eigenvalue weighted by Gasteiger charge is 2.30. The topological polar surface area (TPSA) is 3.24 Å². The highest BCUT2D eigenvalue weighted by Crippen LogP contribution is 2.22. The third-order valence-electron chi connectivity index (χ3n) is 5.77. The fraction of sp³-hybridized carbons (Fsp3) is 0.913. The predicted octanol–water partition coefficient (Wildman–Crippen LogP) is 7.07. The summed E-state index contributed by atoms with van der Waals surface area (Å²) in [6.07, 6.45) is 24.6. The molecule has 0 aromatic rings. The summed E-state index contributed by atoms with van der Waals surface area (Å²) < 4.78 is 1.23. The van der Waals surface area contributed by atoms with Gasteiger partial charge in [0.05, 0.1) is 19.3 Å². The first kappa shape index (κ1) is 22.5. The second kappa shape index (κ2) is 14.6. The molecule has 0 aromatic heterocycles. The number of nitrogens with zero attached hydrogens (tertiary/aromatic N) is 2. The molecule has 0 saturated carbocycles. The zero-order valence-electron chi connectivity index (χ0n) is 17.8. The van der Waals surface area contributed by atoms with Crippen LogP contribution in [0.4, 0.5) is 0 Å². The molecule has 1 unspecified atom stereocenters. The van der Waals surface area contributed by atoms with E-state index in [4.69, 9.17) is 0 Å². The van der Waals surface area contributed by atoms with Gasteiger partial charge in [-0.1, -0.05) is 85.0 Å². The fourth-order valence-corrected chi connectivity index (χ4v) is 3.99. The van der Waals surface area contributed by atoms with Gasteiger partial charge in [0.25, 0.3) is 0 Å². The standard InChI is InChI=1S/C23H47N2/c1-4-7-10-11-12-13-14-15-16-17-21-25(20-9-6-3)22-19-24(23-25)18-8-5-2/h19,22H,4-18,20-21,23H2,1-3H3/q+1. The summed E-state index contributed by atoms with van der Waals surface area (Å²) in [5, 5.41) is 0. The van der Waals surface area contributed by atoms with Crippen LogP contribution >= 0.6 is 0 Å². The lowest BCUT2D eigenvalue weighted by atomic mass is 10.1. The molecule has 0 amide bonds. The van der Waals surface area contributed by atoms with Gasteiger partial charge in [-0.3, -0.25) is 4.48 Å². The number of unbranched alkanes of at least 4 members (excludes halogenated alkanes) is 11. The van der Waals surface area contributed by atoms with Gasteiger partial charge < -0.3 is 4.90 Å². The molecule has 0 N–H and O–H groups in total. The van der Waals surface area contributed by atoms with Crippen LogP contribution in [0, 0.1) is 0 Å². The molecule has 0 spiro atoms. The van der Waals surface area contributed by atoms with Crippen molar-refractivity contribution in [2.24, 2.45) is 0 Å². The third kappa shape index (κ3) is 10.3. The minimum Gasteiger partial charge on any atom is -0.326 e. The number of rotatable bonds is 17. The minimum atomic E-state index is 1.23. The van der Waals surface area contributed by atoms with Crippen molar-refractivity contribution in [1.29, 1.82) is 0 Å². The van der Waals surface area contributed by atoms with Crippen LogP contribution in [-0.4, -0.2) is 35.7 Å². The van der Waals surface area contributed by atoms with Crippen LogP contribution in [0.5, 0.6) is 0 Å². The summed E-state index contributed by atoms with van der Waals surface area (Å²) >= 11 is 0. The lowest BCUT2D eigenvalue weighted by Gasteiger charge is -2.33. The van der Waals surface area contributed by atoms with Crippen LogP contribution in [-0.2, 0) is 0 Å². The van der Waals surface area contributed by atoms with E-state index < -0.39 is 0 Å². The Labute approximate surface area is 159 Å². The zero-order chi connectivity index (χ0) is 18.2. The van der Waals surface area contributed by atoms with Crippen LogP contribution in [0.15, 0.2) is 12.4 Å². The average molecular weight is 352 g/mol. The lowest BCUT2D eigenvalue weighted by molar-refractivity contribution is -0.881. The summed E-state index contributed by atoms with van der Waals surface area (Å²) in [7, 11) is 0. The summed E-state index contributed by atoms with van der Waals surface area (Å²) in [6, 6.07) is 0. The van der Waals surface area contributed by atoms with Gasteiger partial charge in [0.15, 0.2) is 6.67 Å². The first-order valence-corrected chi connectivity index (χ1v) is 11.6. The van der Waals surface area contributed by atoms with Crippen molar-refractivity contribution in [3.05, 3.63) is 12.4 Å². The molecular weight excluding hydrogens is 304 g/mol. The molecule has 0 radical (unpaired) electrons. The third-order valence-corrected chi connectivity index (χ3v) is 5.77. The van der Waals surface area contributed by atoms with Crippen LogP contribution in [0.25, 0.3) is 0 Å². The van der Waals surface area contributed by atoms with Gasteiger partial charge >= 0.3 is 0 Å². The Bertz CT molecular complexity index is 326. The lowest BCUT2D eigenvalue weighted by Crippen LogP contribution is -2.46. The van der Waals surface area contributed by atoms with Crippen molar-refractivity contribution in [2.45, 2.75) is 111 Å². The van der Waals surface area contributed by atoms with Crippen LogP contribution in [0.2, 0.25) is 0 Å². The first-order chi connectivity index (χ1) is 12.3. The Hall–Kier alpha value is -0.500. The maximum Gasteiger partial charge on any atom is 0.158 e. The van der Waals surface area contributed by atoms with E-state index >= 15 is 0 Å². The van der Waals surface area contributed by atoms with Crippen molar-refractivity contribution in [1.82, 2.24) is 4.90 Å². The van der Waals surface area contributed by atoms with Crippen LogP contribution in [0.3, 0.4) is 0 Å². The summed E-state index contributed by atoms with van der Waals surface area (Å²) in [5.74, 6) is 0. The maximum absolute atomic E-state index is 2.56. The highest BCUT2D eigenvalue weighted by atomic mass is 15.5. The van der Waals surface area contributed by atoms with Gasteiger partial charge in [0.1, 0.15) is 6.20 Å². The monoisotopic (exact) mass is 351 g/mol. The van der Waals surface area contributed by atoms with Gasteiger partial charge in [0.2, 0.25) is 0 Å². The molecule has 2 nitrogen and oxygen atoms in total. The molecule has 25 heavy (non-hydrogen) atoms. The van der Waals surface area contributed by atoms with Crippen molar-refractivity contribution in [3.63, 3.8) is 0 Å². The average Bonchev–Trinajstić information content (AvgIpc) is 3.03. The second-order valence-corrected chi connectivity index (χ2v) is 8.31. The highest BCUT2D eigenvalue weighted by molar-refractivity contribution is 4.82. The van der Waals surface area contributed by atoms with Gasteiger partial charge in [-0.05, 0) is 25.7 Å². The van der Waals surface area contributed by atoms with E-state index in [1.54, 1.807) is 0 Å². The van der Waals surface area contributed by atoms with Crippen molar-refractivity contribution in [3.8, 4) is 0 Å². The van der Waals surface area contributed by atoms with Gasteiger partial charge in [0, 0.05) is 6.54 Å². The number of quaternary nitrogens is 1. The molecule has 0 fully saturated rings. The largest absolute Gasteiger partial charge is 0.326 e. The number of hydrogen-bond donors (Lipinski definition) is 0. The quantitative estimate of drug-likeness (QED) is 0.200. The minimum absolute atomic E-state index is 1.23. The molecule has 0 saturated heterocycles. The smallest absolute Gasteiger partial charge is 0.158 e. The van der Waals surface area contributed by atoms with Gasteiger partial charge in [-0.2, -0.15) is 0 Å². The molecule has 0 aromatic carbocycles. The molecular formula is C23H47N2+. The van der Waals surface area contributed by atoms with E-state index in [9.17, 15) is 0 Å². The van der Waals surface area contributed by atoms with Crippen molar-refractivity contribution < 1.29 is 4.48 Å². The molecule has 148 valence electrons. The van der Waals surface area contributed by atoms with E-state index in [-0.39, 0.29) is 0 Å². The van der Waals surface area contributed by atoms with Crippen LogP contribution in [0.1, 0.15) is 111 Å². The van der Waals surface area contributed by atoms with Crippen LogP contribution < -0.4 is 0 Å². The SMILES string of the molecule is CCCCCCCCCCCC[N+]1(CCCC)C=CN(CCCC)C1. The first-order valence-electron chi connectivity index (χ1n) is 11.6. The summed E-state index contributed by atoms with van der Waals surface area (Å²) in [4.78, 5) is 2.56. The Morgan fingerprint density at radius 3 is 1.76 bits per heavy atom. The summed E-state index contributed by atoms with van der Waals surface area (Å²) in [5.41, 5.74) is 0.